The van der Waals surface area contributed by atoms with Crippen LogP contribution < -0.4 is 10.9 Å². The zero-order chi connectivity index (χ0) is 22.7. The Kier molecular flexibility index (Phi) is 6.42. The van der Waals surface area contributed by atoms with Gasteiger partial charge in [-0.2, -0.15) is 0 Å². The Bertz CT molecular complexity index is 1340. The summed E-state index contributed by atoms with van der Waals surface area (Å²) in [5.41, 5.74) is 4.12. The molecule has 1 aromatic heterocycles. The van der Waals surface area contributed by atoms with Crippen LogP contribution in [0, 0.1) is 6.92 Å². The van der Waals surface area contributed by atoms with Gasteiger partial charge in [0.2, 0.25) is 5.91 Å². The number of thioether (sulfide) groups is 1. The van der Waals surface area contributed by atoms with Gasteiger partial charge in [-0.05, 0) is 48.2 Å². The highest BCUT2D eigenvalue weighted by molar-refractivity contribution is 7.99. The first-order chi connectivity index (χ1) is 15.5. The Hall–Kier alpha value is -3.38. The van der Waals surface area contributed by atoms with Crippen LogP contribution in [-0.4, -0.2) is 21.2 Å². The molecule has 162 valence electrons. The maximum absolute atomic E-state index is 13.5. The van der Waals surface area contributed by atoms with Crippen molar-refractivity contribution in [1.82, 2.24) is 9.55 Å². The molecule has 0 aliphatic carbocycles. The first-order valence-electron chi connectivity index (χ1n) is 10.5. The molecule has 3 aromatic carbocycles. The first-order valence-corrected chi connectivity index (χ1v) is 11.5. The number of amides is 1. The van der Waals surface area contributed by atoms with Crippen molar-refractivity contribution in [2.45, 2.75) is 31.8 Å². The van der Waals surface area contributed by atoms with E-state index in [1.165, 1.54) is 11.8 Å². The summed E-state index contributed by atoms with van der Waals surface area (Å²) in [6.45, 7) is 6.15. The topological polar surface area (TPSA) is 64.0 Å². The Balaban J connectivity index is 1.74. The van der Waals surface area contributed by atoms with E-state index in [1.807, 2.05) is 73.7 Å². The van der Waals surface area contributed by atoms with Crippen molar-refractivity contribution in [2.24, 2.45) is 0 Å². The van der Waals surface area contributed by atoms with Crippen LogP contribution in [0.1, 0.15) is 30.9 Å². The summed E-state index contributed by atoms with van der Waals surface area (Å²) in [6.07, 6.45) is 0. The molecule has 1 heterocycles. The van der Waals surface area contributed by atoms with Gasteiger partial charge < -0.3 is 5.32 Å². The van der Waals surface area contributed by atoms with E-state index in [1.54, 1.807) is 10.6 Å². The minimum atomic E-state index is -0.143. The summed E-state index contributed by atoms with van der Waals surface area (Å²) >= 11 is 1.26. The normalized spacial score (nSPS) is 11.1. The predicted molar refractivity (Wildman–Crippen MR) is 132 cm³/mol. The predicted octanol–water partition coefficient (Wildman–Crippen LogP) is 5.55. The van der Waals surface area contributed by atoms with E-state index in [4.69, 9.17) is 4.98 Å². The number of carbonyl (C=O) groups is 1. The van der Waals surface area contributed by atoms with Gasteiger partial charge in [0.15, 0.2) is 5.16 Å². The number of hydrogen-bond acceptors (Lipinski definition) is 4. The van der Waals surface area contributed by atoms with Crippen LogP contribution in [-0.2, 0) is 4.79 Å². The summed E-state index contributed by atoms with van der Waals surface area (Å²) in [5, 5.41) is 4.00. The molecule has 1 N–H and O–H groups in total. The molecule has 0 radical (unpaired) electrons. The van der Waals surface area contributed by atoms with Crippen molar-refractivity contribution in [3.05, 3.63) is 94.3 Å². The van der Waals surface area contributed by atoms with Crippen LogP contribution in [0.5, 0.6) is 0 Å². The lowest BCUT2D eigenvalue weighted by Crippen LogP contribution is -2.24. The molecule has 4 aromatic rings. The molecule has 0 fully saturated rings. The van der Waals surface area contributed by atoms with E-state index in [2.05, 4.69) is 19.2 Å². The van der Waals surface area contributed by atoms with Crippen LogP contribution in [0.25, 0.3) is 16.6 Å². The molecular formula is C26H25N3O2S. The fraction of sp³-hybridized carbons (Fsp3) is 0.192. The molecule has 32 heavy (non-hydrogen) atoms. The number of nitrogens with one attached hydrogen (secondary N) is 1. The van der Waals surface area contributed by atoms with Crippen molar-refractivity contribution in [1.29, 1.82) is 0 Å². The van der Waals surface area contributed by atoms with Crippen LogP contribution in [0.4, 0.5) is 5.69 Å². The van der Waals surface area contributed by atoms with Gasteiger partial charge in [-0.15, -0.1) is 0 Å². The molecule has 4 rings (SSSR count). The van der Waals surface area contributed by atoms with Crippen LogP contribution in [0.15, 0.2) is 82.7 Å². The largest absolute Gasteiger partial charge is 0.325 e. The van der Waals surface area contributed by atoms with Crippen LogP contribution in [0.2, 0.25) is 0 Å². The zero-order valence-electron chi connectivity index (χ0n) is 18.3. The molecule has 0 saturated heterocycles. The van der Waals surface area contributed by atoms with E-state index >= 15 is 0 Å². The Morgan fingerprint density at radius 1 is 1.00 bits per heavy atom. The first kappa shape index (κ1) is 21.8. The molecule has 0 aliphatic rings. The van der Waals surface area contributed by atoms with Gasteiger partial charge >= 0.3 is 0 Å². The number of para-hydroxylation sites is 3. The fourth-order valence-corrected chi connectivity index (χ4v) is 4.44. The average molecular weight is 444 g/mol. The minimum Gasteiger partial charge on any atom is -0.325 e. The molecule has 0 saturated carbocycles. The van der Waals surface area contributed by atoms with Gasteiger partial charge in [0.25, 0.3) is 5.56 Å². The highest BCUT2D eigenvalue weighted by atomic mass is 32.2. The number of benzene rings is 3. The summed E-state index contributed by atoms with van der Waals surface area (Å²) in [5.74, 6) is 0.227. The maximum Gasteiger partial charge on any atom is 0.266 e. The van der Waals surface area contributed by atoms with Gasteiger partial charge in [-0.25, -0.2) is 4.98 Å². The number of nitrogens with zero attached hydrogens (tertiary/aromatic N) is 2. The molecular weight excluding hydrogens is 418 g/mol. The Morgan fingerprint density at radius 2 is 1.69 bits per heavy atom. The number of rotatable bonds is 6. The lowest BCUT2D eigenvalue weighted by atomic mass is 10.0. The number of hydrogen-bond donors (Lipinski definition) is 1. The third kappa shape index (κ3) is 4.46. The molecule has 0 aliphatic heterocycles. The summed E-state index contributed by atoms with van der Waals surface area (Å²) in [4.78, 5) is 30.9. The number of fused-ring (bicyclic) bond motifs is 1. The van der Waals surface area contributed by atoms with Crippen molar-refractivity contribution in [2.75, 3.05) is 11.1 Å². The zero-order valence-corrected chi connectivity index (χ0v) is 19.1. The van der Waals surface area contributed by atoms with Crippen LogP contribution in [0.3, 0.4) is 0 Å². The number of aryl methyl sites for hydroxylation is 1. The van der Waals surface area contributed by atoms with E-state index in [9.17, 15) is 9.59 Å². The summed E-state index contributed by atoms with van der Waals surface area (Å²) < 4.78 is 1.64. The lowest BCUT2D eigenvalue weighted by Gasteiger charge is -2.18. The minimum absolute atomic E-state index is 0.134. The van der Waals surface area contributed by atoms with E-state index in [-0.39, 0.29) is 23.1 Å². The number of carbonyl (C=O) groups excluding carboxylic acids is 1. The lowest BCUT2D eigenvalue weighted by molar-refractivity contribution is -0.113. The molecule has 6 heteroatoms. The van der Waals surface area contributed by atoms with Crippen molar-refractivity contribution in [3.8, 4) is 5.69 Å². The second-order valence-corrected chi connectivity index (χ2v) is 8.86. The Morgan fingerprint density at radius 3 is 2.47 bits per heavy atom. The standard InChI is InChI=1S/C26H25N3O2S/c1-17(2)19-11-6-9-15-23(19)29-25(31)20-12-5-8-14-22(20)28-26(29)32-16-24(30)27-21-13-7-4-10-18(21)3/h4-15,17H,16H2,1-3H3,(H,27,30). The van der Waals surface area contributed by atoms with Crippen molar-refractivity contribution >= 4 is 34.3 Å². The molecule has 0 spiro atoms. The highest BCUT2D eigenvalue weighted by Crippen LogP contribution is 2.27. The fourth-order valence-electron chi connectivity index (χ4n) is 3.63. The maximum atomic E-state index is 13.5. The van der Waals surface area contributed by atoms with Crippen LogP contribution >= 0.6 is 11.8 Å². The molecule has 0 unspecified atom stereocenters. The monoisotopic (exact) mass is 443 g/mol. The van der Waals surface area contributed by atoms with Gasteiger partial charge in [0.05, 0.1) is 22.3 Å². The average Bonchev–Trinajstić information content (AvgIpc) is 2.79. The second kappa shape index (κ2) is 9.40. The SMILES string of the molecule is Cc1ccccc1NC(=O)CSc1nc2ccccc2c(=O)n1-c1ccccc1C(C)C. The number of aromatic nitrogens is 2. The van der Waals surface area contributed by atoms with Crippen molar-refractivity contribution in [3.63, 3.8) is 0 Å². The van der Waals surface area contributed by atoms with Gasteiger partial charge in [-0.1, -0.05) is 74.1 Å². The van der Waals surface area contributed by atoms with Gasteiger partial charge in [0, 0.05) is 5.69 Å². The van der Waals surface area contributed by atoms with E-state index in [0.717, 1.165) is 22.5 Å². The number of anilines is 1. The molecule has 0 bridgehead atoms. The smallest absolute Gasteiger partial charge is 0.266 e. The molecule has 5 nitrogen and oxygen atoms in total. The van der Waals surface area contributed by atoms with E-state index in [0.29, 0.717) is 16.1 Å². The van der Waals surface area contributed by atoms with Gasteiger partial charge in [0.1, 0.15) is 0 Å². The summed E-state index contributed by atoms with van der Waals surface area (Å²) in [6, 6.07) is 22.8. The summed E-state index contributed by atoms with van der Waals surface area (Å²) in [7, 11) is 0. The molecule has 0 atom stereocenters. The van der Waals surface area contributed by atoms with E-state index < -0.39 is 0 Å². The van der Waals surface area contributed by atoms with Crippen molar-refractivity contribution < 1.29 is 4.79 Å². The molecule has 1 amide bonds. The van der Waals surface area contributed by atoms with Gasteiger partial charge in [-0.3, -0.25) is 14.2 Å². The highest BCUT2D eigenvalue weighted by Gasteiger charge is 2.18. The third-order valence-electron chi connectivity index (χ3n) is 5.30. The Labute approximate surface area is 191 Å². The quantitative estimate of drug-likeness (QED) is 0.314. The third-order valence-corrected chi connectivity index (χ3v) is 6.23. The second-order valence-electron chi connectivity index (χ2n) is 7.92.